The minimum absolute atomic E-state index is 0.361. The van der Waals surface area contributed by atoms with Gasteiger partial charge in [0.25, 0.3) is 0 Å². The molecule has 3 aromatic carbocycles. The van der Waals surface area contributed by atoms with Crippen molar-refractivity contribution in [3.63, 3.8) is 0 Å². The standard InChI is InChI=1S/C29H30N10OS/c40-28(36-21-5-1-18(2-6-21)25-30-9-10-31-25)37-23-15-20(27-34-13-14-35-27)16-24(17-23)39-29(41)38-22-7-3-19(4-8-22)26-32-11-12-33-26/h1-8,15-17H,9-14H2,(H,30,31)(H,32,33)(H,34,35)(H2,36,37,40)(H2,38,39,41). The zero-order valence-electron chi connectivity index (χ0n) is 22.3. The van der Waals surface area contributed by atoms with Crippen molar-refractivity contribution in [1.29, 1.82) is 0 Å². The highest BCUT2D eigenvalue weighted by molar-refractivity contribution is 7.80. The Labute approximate surface area is 243 Å². The number of hydrogen-bond acceptors (Lipinski definition) is 8. The van der Waals surface area contributed by atoms with Gasteiger partial charge in [0.05, 0.1) is 19.6 Å². The smallest absolute Gasteiger partial charge is 0.323 e. The molecule has 0 aromatic heterocycles. The molecule has 2 amide bonds. The van der Waals surface area contributed by atoms with Gasteiger partial charge < -0.3 is 37.2 Å². The van der Waals surface area contributed by atoms with Crippen LogP contribution in [-0.4, -0.2) is 67.9 Å². The van der Waals surface area contributed by atoms with Crippen molar-refractivity contribution in [3.05, 3.63) is 83.4 Å². The summed E-state index contributed by atoms with van der Waals surface area (Å²) in [7, 11) is 0. The summed E-state index contributed by atoms with van der Waals surface area (Å²) in [6.07, 6.45) is 0. The van der Waals surface area contributed by atoms with Crippen molar-refractivity contribution in [2.24, 2.45) is 15.0 Å². The molecule has 3 aromatic rings. The number of carbonyl (C=O) groups is 1. The first kappa shape index (κ1) is 26.3. The van der Waals surface area contributed by atoms with Crippen LogP contribution >= 0.6 is 12.2 Å². The molecule has 0 radical (unpaired) electrons. The van der Waals surface area contributed by atoms with Gasteiger partial charge in [0, 0.05) is 59.1 Å². The van der Waals surface area contributed by atoms with Crippen LogP contribution < -0.4 is 37.2 Å². The highest BCUT2D eigenvalue weighted by Crippen LogP contribution is 2.22. The maximum absolute atomic E-state index is 12.9. The summed E-state index contributed by atoms with van der Waals surface area (Å²) in [6, 6.07) is 20.8. The third-order valence-corrected chi connectivity index (χ3v) is 6.78. The van der Waals surface area contributed by atoms with E-state index in [2.05, 4.69) is 52.2 Å². The van der Waals surface area contributed by atoms with Gasteiger partial charge in [0.15, 0.2) is 5.11 Å². The first-order valence-electron chi connectivity index (χ1n) is 13.5. The van der Waals surface area contributed by atoms with Gasteiger partial charge in [-0.15, -0.1) is 0 Å². The molecule has 0 aliphatic carbocycles. The first-order chi connectivity index (χ1) is 20.1. The summed E-state index contributed by atoms with van der Waals surface area (Å²) in [4.78, 5) is 26.3. The largest absolute Gasteiger partial charge is 0.368 e. The Morgan fingerprint density at radius 3 is 1.46 bits per heavy atom. The minimum atomic E-state index is -0.361. The number of amides is 2. The van der Waals surface area contributed by atoms with Crippen molar-refractivity contribution in [2.75, 3.05) is 60.5 Å². The Hall–Kier alpha value is -4.97. The number of amidine groups is 3. The number of thiocarbonyl (C=S) groups is 1. The lowest BCUT2D eigenvalue weighted by Gasteiger charge is -2.15. The van der Waals surface area contributed by atoms with Crippen molar-refractivity contribution < 1.29 is 4.79 Å². The number of nitrogens with zero attached hydrogens (tertiary/aromatic N) is 3. The molecule has 12 heteroatoms. The van der Waals surface area contributed by atoms with Gasteiger partial charge in [-0.05, 0) is 78.9 Å². The fourth-order valence-corrected chi connectivity index (χ4v) is 4.93. The lowest BCUT2D eigenvalue weighted by atomic mass is 10.1. The van der Waals surface area contributed by atoms with Crippen molar-refractivity contribution >= 4 is 63.6 Å². The number of benzene rings is 3. The van der Waals surface area contributed by atoms with Gasteiger partial charge in [0.1, 0.15) is 17.5 Å². The van der Waals surface area contributed by atoms with E-state index >= 15 is 0 Å². The Balaban J connectivity index is 1.12. The maximum Gasteiger partial charge on any atom is 0.323 e. The average Bonchev–Trinajstić information content (AvgIpc) is 3.78. The first-order valence-corrected chi connectivity index (χ1v) is 13.9. The number of nitrogens with one attached hydrogen (secondary N) is 7. The summed E-state index contributed by atoms with van der Waals surface area (Å²) >= 11 is 5.59. The molecular formula is C29H30N10OS. The minimum Gasteiger partial charge on any atom is -0.368 e. The molecule has 11 nitrogen and oxygen atoms in total. The summed E-state index contributed by atoms with van der Waals surface area (Å²) < 4.78 is 0. The topological polar surface area (TPSA) is 138 Å². The van der Waals surface area contributed by atoms with Crippen LogP contribution in [0.5, 0.6) is 0 Å². The van der Waals surface area contributed by atoms with Gasteiger partial charge in [-0.2, -0.15) is 0 Å². The fourth-order valence-electron chi connectivity index (χ4n) is 4.69. The van der Waals surface area contributed by atoms with E-state index in [4.69, 9.17) is 12.2 Å². The van der Waals surface area contributed by atoms with Crippen molar-refractivity contribution in [3.8, 4) is 0 Å². The third-order valence-electron chi connectivity index (χ3n) is 6.58. The molecule has 41 heavy (non-hydrogen) atoms. The van der Waals surface area contributed by atoms with Crippen molar-refractivity contribution in [2.45, 2.75) is 0 Å². The highest BCUT2D eigenvalue weighted by Gasteiger charge is 2.14. The lowest BCUT2D eigenvalue weighted by molar-refractivity contribution is 0.262. The summed E-state index contributed by atoms with van der Waals surface area (Å²) in [6.45, 7) is 4.75. The van der Waals surface area contributed by atoms with E-state index in [0.717, 1.165) is 72.6 Å². The monoisotopic (exact) mass is 566 g/mol. The second kappa shape index (κ2) is 12.0. The molecule has 3 heterocycles. The molecule has 0 spiro atoms. The van der Waals surface area contributed by atoms with Gasteiger partial charge in [-0.1, -0.05) is 0 Å². The molecule has 0 saturated carbocycles. The second-order valence-corrected chi connectivity index (χ2v) is 9.99. The van der Waals surface area contributed by atoms with E-state index in [1.807, 2.05) is 66.7 Å². The van der Waals surface area contributed by atoms with Crippen LogP contribution in [0.25, 0.3) is 0 Å². The quantitative estimate of drug-likeness (QED) is 0.218. The van der Waals surface area contributed by atoms with Crippen LogP contribution in [0.15, 0.2) is 81.7 Å². The molecule has 6 rings (SSSR count). The van der Waals surface area contributed by atoms with E-state index in [-0.39, 0.29) is 6.03 Å². The molecule has 0 bridgehead atoms. The van der Waals surface area contributed by atoms with Gasteiger partial charge in [0.2, 0.25) is 0 Å². The normalized spacial score (nSPS) is 15.5. The molecule has 0 unspecified atom stereocenters. The van der Waals surface area contributed by atoms with Gasteiger partial charge in [-0.3, -0.25) is 15.0 Å². The van der Waals surface area contributed by atoms with E-state index in [0.29, 0.717) is 28.7 Å². The lowest BCUT2D eigenvalue weighted by Crippen LogP contribution is -2.23. The zero-order valence-corrected chi connectivity index (χ0v) is 23.1. The van der Waals surface area contributed by atoms with Crippen LogP contribution in [0.4, 0.5) is 27.5 Å². The number of rotatable bonds is 7. The van der Waals surface area contributed by atoms with E-state index < -0.39 is 0 Å². The van der Waals surface area contributed by atoms with E-state index in [1.165, 1.54) is 0 Å². The third kappa shape index (κ3) is 6.61. The average molecular weight is 567 g/mol. The number of urea groups is 1. The van der Waals surface area contributed by atoms with Crippen molar-refractivity contribution in [1.82, 2.24) is 16.0 Å². The Kier molecular flexibility index (Phi) is 7.72. The second-order valence-electron chi connectivity index (χ2n) is 9.58. The highest BCUT2D eigenvalue weighted by atomic mass is 32.1. The van der Waals surface area contributed by atoms with Crippen LogP contribution in [0.3, 0.4) is 0 Å². The van der Waals surface area contributed by atoms with Gasteiger partial charge in [-0.25, -0.2) is 4.79 Å². The molecule has 0 fully saturated rings. The molecule has 0 saturated heterocycles. The van der Waals surface area contributed by atoms with Crippen LogP contribution in [0, 0.1) is 0 Å². The Bertz CT molecular complexity index is 1450. The maximum atomic E-state index is 12.9. The predicted octanol–water partition coefficient (Wildman–Crippen LogP) is 3.19. The Morgan fingerprint density at radius 2 is 0.976 bits per heavy atom. The number of anilines is 4. The van der Waals surface area contributed by atoms with Gasteiger partial charge >= 0.3 is 6.03 Å². The zero-order chi connectivity index (χ0) is 28.0. The molecule has 208 valence electrons. The SMILES string of the molecule is O=C(Nc1ccc(C2=NCCN2)cc1)Nc1cc(NC(=S)Nc2ccc(C3=NCCN3)cc2)cc(C2=NCCN2)c1. The summed E-state index contributed by atoms with van der Waals surface area (Å²) in [5.41, 5.74) is 5.70. The molecular weight excluding hydrogens is 536 g/mol. The van der Waals surface area contributed by atoms with E-state index in [9.17, 15) is 4.79 Å². The number of aliphatic imine (C=N–C) groups is 3. The molecule has 0 atom stereocenters. The Morgan fingerprint density at radius 1 is 0.561 bits per heavy atom. The number of hydrogen-bond donors (Lipinski definition) is 7. The predicted molar refractivity (Wildman–Crippen MR) is 170 cm³/mol. The summed E-state index contributed by atoms with van der Waals surface area (Å²) in [5, 5.41) is 22.5. The van der Waals surface area contributed by atoms with E-state index in [1.54, 1.807) is 0 Å². The molecule has 7 N–H and O–H groups in total. The summed E-state index contributed by atoms with van der Waals surface area (Å²) in [5.74, 6) is 2.56. The fraction of sp³-hybridized carbons (Fsp3) is 0.207. The molecule has 3 aliphatic rings. The molecule has 3 aliphatic heterocycles. The van der Waals surface area contributed by atoms with Crippen LogP contribution in [0.2, 0.25) is 0 Å². The van der Waals surface area contributed by atoms with Crippen LogP contribution in [0.1, 0.15) is 16.7 Å². The van der Waals surface area contributed by atoms with Crippen LogP contribution in [-0.2, 0) is 0 Å². The number of carbonyl (C=O) groups excluding carboxylic acids is 1.